The lowest BCUT2D eigenvalue weighted by atomic mass is 10.3. The van der Waals surface area contributed by atoms with Crippen LogP contribution >= 0.6 is 11.8 Å². The first-order valence-electron chi connectivity index (χ1n) is 6.53. The van der Waals surface area contributed by atoms with Crippen LogP contribution in [0.3, 0.4) is 0 Å². The molecule has 0 amide bonds. The van der Waals surface area contributed by atoms with Gasteiger partial charge in [0.05, 0.1) is 11.6 Å². The van der Waals surface area contributed by atoms with Crippen molar-refractivity contribution in [1.29, 1.82) is 0 Å². The number of hydrogen-bond donors (Lipinski definition) is 3. The summed E-state index contributed by atoms with van der Waals surface area (Å²) in [6.07, 6.45) is 6.03. The Kier molecular flexibility index (Phi) is 5.26. The Balaban J connectivity index is 2.12. The van der Waals surface area contributed by atoms with E-state index in [-0.39, 0.29) is 0 Å². The molecule has 0 unspecified atom stereocenters. The Morgan fingerprint density at radius 2 is 2.16 bits per heavy atom. The van der Waals surface area contributed by atoms with Gasteiger partial charge in [-0.15, -0.1) is 0 Å². The van der Waals surface area contributed by atoms with Crippen LogP contribution in [0.25, 0.3) is 11.0 Å². The van der Waals surface area contributed by atoms with Crippen LogP contribution in [0.1, 0.15) is 19.8 Å². The number of aromatic amines is 1. The van der Waals surface area contributed by atoms with Crippen molar-refractivity contribution >= 4 is 34.6 Å². The highest BCUT2D eigenvalue weighted by molar-refractivity contribution is 7.98. The number of thioether (sulfide) groups is 1. The average molecular weight is 280 g/mol. The minimum absolute atomic E-state index is 0.644. The van der Waals surface area contributed by atoms with Crippen molar-refractivity contribution in [2.24, 2.45) is 0 Å². The predicted octanol–water partition coefficient (Wildman–Crippen LogP) is 2.34. The normalized spacial score (nSPS) is 10.8. The largest absolute Gasteiger partial charge is 0.369 e. The highest BCUT2D eigenvalue weighted by atomic mass is 32.2. The fraction of sp³-hybridized carbons (Fsp3) is 0.583. The Hall–Kier alpha value is -1.50. The first kappa shape index (κ1) is 13.9. The van der Waals surface area contributed by atoms with E-state index in [9.17, 15) is 0 Å². The van der Waals surface area contributed by atoms with Gasteiger partial charge in [-0.05, 0) is 24.9 Å². The van der Waals surface area contributed by atoms with E-state index in [0.29, 0.717) is 5.95 Å². The lowest BCUT2D eigenvalue weighted by molar-refractivity contribution is 0.948. The van der Waals surface area contributed by atoms with Crippen molar-refractivity contribution in [3.8, 4) is 0 Å². The van der Waals surface area contributed by atoms with E-state index >= 15 is 0 Å². The Labute approximate surface area is 117 Å². The Bertz CT molecular complexity index is 512. The van der Waals surface area contributed by atoms with Crippen molar-refractivity contribution in [3.63, 3.8) is 0 Å². The molecule has 0 saturated carbocycles. The summed E-state index contributed by atoms with van der Waals surface area (Å²) in [5.41, 5.74) is 0.765. The molecular formula is C12H20N6S. The average Bonchev–Trinajstić information content (AvgIpc) is 2.89. The van der Waals surface area contributed by atoms with Crippen LogP contribution in [0.5, 0.6) is 0 Å². The molecule has 0 atom stereocenters. The number of aromatic nitrogens is 4. The van der Waals surface area contributed by atoms with Gasteiger partial charge in [0.25, 0.3) is 0 Å². The molecule has 0 aromatic carbocycles. The molecule has 0 aliphatic heterocycles. The lowest BCUT2D eigenvalue weighted by Gasteiger charge is -2.09. The zero-order valence-electron chi connectivity index (χ0n) is 11.4. The topological polar surface area (TPSA) is 78.5 Å². The van der Waals surface area contributed by atoms with Gasteiger partial charge in [0.1, 0.15) is 5.82 Å². The molecule has 2 aromatic rings. The molecule has 2 rings (SSSR count). The smallest absolute Gasteiger partial charge is 0.226 e. The van der Waals surface area contributed by atoms with E-state index in [0.717, 1.165) is 48.5 Å². The van der Waals surface area contributed by atoms with E-state index in [2.05, 4.69) is 44.0 Å². The van der Waals surface area contributed by atoms with Crippen LogP contribution in [0.15, 0.2) is 6.20 Å². The second-order valence-corrected chi connectivity index (χ2v) is 5.21. The highest BCUT2D eigenvalue weighted by Gasteiger charge is 2.08. The highest BCUT2D eigenvalue weighted by Crippen LogP contribution is 2.19. The number of fused-ring (bicyclic) bond motifs is 1. The molecule has 2 aromatic heterocycles. The van der Waals surface area contributed by atoms with Gasteiger partial charge in [0.2, 0.25) is 5.95 Å². The molecule has 0 aliphatic rings. The second kappa shape index (κ2) is 7.18. The number of nitrogens with zero attached hydrogens (tertiary/aromatic N) is 3. The second-order valence-electron chi connectivity index (χ2n) is 4.23. The summed E-state index contributed by atoms with van der Waals surface area (Å²) in [5.74, 6) is 2.64. The first-order valence-corrected chi connectivity index (χ1v) is 7.92. The SMILES string of the molecule is CCCNc1nc(NCCCSC)c2cn[nH]c2n1. The molecule has 0 saturated heterocycles. The quantitative estimate of drug-likeness (QED) is 0.644. The number of nitrogens with one attached hydrogen (secondary N) is 3. The molecule has 7 heteroatoms. The summed E-state index contributed by atoms with van der Waals surface area (Å²) >= 11 is 1.85. The third-order valence-corrected chi connectivity index (χ3v) is 3.36. The molecular weight excluding hydrogens is 260 g/mol. The maximum Gasteiger partial charge on any atom is 0.226 e. The summed E-state index contributed by atoms with van der Waals surface area (Å²) < 4.78 is 0. The van der Waals surface area contributed by atoms with Crippen molar-refractivity contribution in [2.45, 2.75) is 19.8 Å². The van der Waals surface area contributed by atoms with Crippen LogP contribution < -0.4 is 10.6 Å². The van der Waals surface area contributed by atoms with Crippen molar-refractivity contribution < 1.29 is 0 Å². The molecule has 19 heavy (non-hydrogen) atoms. The number of rotatable bonds is 8. The summed E-state index contributed by atoms with van der Waals surface area (Å²) in [4.78, 5) is 8.90. The predicted molar refractivity (Wildman–Crippen MR) is 82.0 cm³/mol. The number of hydrogen-bond acceptors (Lipinski definition) is 6. The van der Waals surface area contributed by atoms with Crippen molar-refractivity contribution in [1.82, 2.24) is 20.2 Å². The Morgan fingerprint density at radius 3 is 2.95 bits per heavy atom. The van der Waals surface area contributed by atoms with Gasteiger partial charge in [-0.3, -0.25) is 5.10 Å². The zero-order valence-corrected chi connectivity index (χ0v) is 12.2. The summed E-state index contributed by atoms with van der Waals surface area (Å²) in [6.45, 7) is 3.89. The van der Waals surface area contributed by atoms with Gasteiger partial charge >= 0.3 is 0 Å². The van der Waals surface area contributed by atoms with E-state index in [1.165, 1.54) is 0 Å². The van der Waals surface area contributed by atoms with Crippen LogP contribution in [0.2, 0.25) is 0 Å². The molecule has 104 valence electrons. The fourth-order valence-electron chi connectivity index (χ4n) is 1.71. The molecule has 2 heterocycles. The lowest BCUT2D eigenvalue weighted by Crippen LogP contribution is -2.09. The monoisotopic (exact) mass is 280 g/mol. The summed E-state index contributed by atoms with van der Waals surface area (Å²) in [5, 5.41) is 14.4. The van der Waals surface area contributed by atoms with E-state index < -0.39 is 0 Å². The molecule has 0 radical (unpaired) electrons. The van der Waals surface area contributed by atoms with Crippen LogP contribution in [0.4, 0.5) is 11.8 Å². The fourth-order valence-corrected chi connectivity index (χ4v) is 2.14. The van der Waals surface area contributed by atoms with Gasteiger partial charge in [0, 0.05) is 13.1 Å². The van der Waals surface area contributed by atoms with Gasteiger partial charge in [-0.2, -0.15) is 26.8 Å². The summed E-state index contributed by atoms with van der Waals surface area (Å²) in [7, 11) is 0. The van der Waals surface area contributed by atoms with Crippen molar-refractivity contribution in [3.05, 3.63) is 6.20 Å². The van der Waals surface area contributed by atoms with Gasteiger partial charge in [-0.1, -0.05) is 6.92 Å². The Morgan fingerprint density at radius 1 is 1.26 bits per heavy atom. The maximum atomic E-state index is 4.51. The first-order chi connectivity index (χ1) is 9.35. The van der Waals surface area contributed by atoms with Crippen LogP contribution in [-0.4, -0.2) is 45.3 Å². The minimum atomic E-state index is 0.644. The third-order valence-electron chi connectivity index (χ3n) is 2.66. The number of anilines is 2. The van der Waals surface area contributed by atoms with Gasteiger partial charge < -0.3 is 10.6 Å². The molecule has 6 nitrogen and oxygen atoms in total. The molecule has 3 N–H and O–H groups in total. The minimum Gasteiger partial charge on any atom is -0.369 e. The molecule has 0 aliphatic carbocycles. The third kappa shape index (κ3) is 3.73. The van der Waals surface area contributed by atoms with E-state index in [1.807, 2.05) is 11.8 Å². The molecule has 0 fully saturated rings. The standard InChI is InChI=1S/C12H20N6S/c1-3-5-14-12-16-10(13-6-4-7-19-2)9-8-15-18-11(9)17-12/h8H,3-7H2,1-2H3,(H3,13,14,15,16,17,18). The maximum absolute atomic E-state index is 4.51. The van der Waals surface area contributed by atoms with Crippen LogP contribution in [0, 0.1) is 0 Å². The summed E-state index contributed by atoms with van der Waals surface area (Å²) in [6, 6.07) is 0. The van der Waals surface area contributed by atoms with E-state index in [4.69, 9.17) is 0 Å². The van der Waals surface area contributed by atoms with Gasteiger partial charge in [0.15, 0.2) is 5.65 Å². The van der Waals surface area contributed by atoms with E-state index in [1.54, 1.807) is 6.20 Å². The number of H-pyrrole nitrogens is 1. The zero-order chi connectivity index (χ0) is 13.5. The molecule has 0 bridgehead atoms. The van der Waals surface area contributed by atoms with Crippen molar-refractivity contribution in [2.75, 3.05) is 35.7 Å². The molecule has 0 spiro atoms. The van der Waals surface area contributed by atoms with Gasteiger partial charge in [-0.25, -0.2) is 0 Å². The van der Waals surface area contributed by atoms with Crippen LogP contribution in [-0.2, 0) is 0 Å².